The van der Waals surface area contributed by atoms with Gasteiger partial charge in [-0.25, -0.2) is 0 Å². The number of hydrogen-bond acceptors (Lipinski definition) is 3. The lowest BCUT2D eigenvalue weighted by molar-refractivity contribution is 0.187. The Morgan fingerprint density at radius 1 is 1.10 bits per heavy atom. The predicted octanol–water partition coefficient (Wildman–Crippen LogP) is 3.80. The van der Waals surface area contributed by atoms with Gasteiger partial charge in [0.05, 0.1) is 12.8 Å². The third-order valence-corrected chi connectivity index (χ3v) is 3.71. The molecule has 1 heterocycles. The second kappa shape index (κ2) is 8.01. The quantitative estimate of drug-likeness (QED) is 0.800. The molecule has 0 saturated carbocycles. The van der Waals surface area contributed by atoms with Gasteiger partial charge >= 0.3 is 0 Å². The van der Waals surface area contributed by atoms with Crippen molar-refractivity contribution in [1.82, 2.24) is 10.2 Å². The molecule has 0 amide bonds. The van der Waals surface area contributed by atoms with E-state index >= 15 is 0 Å². The molecular weight excluding hydrogens is 260 g/mol. The third kappa shape index (κ3) is 4.73. The van der Waals surface area contributed by atoms with Crippen LogP contribution in [0.2, 0.25) is 0 Å². The summed E-state index contributed by atoms with van der Waals surface area (Å²) in [5.74, 6) is 1.07. The molecule has 0 atom stereocenters. The highest BCUT2D eigenvalue weighted by Crippen LogP contribution is 2.17. The van der Waals surface area contributed by atoms with Crippen molar-refractivity contribution in [2.45, 2.75) is 46.4 Å². The van der Waals surface area contributed by atoms with Crippen LogP contribution in [0.1, 0.15) is 37.7 Å². The smallest absolute Gasteiger partial charge is 0.122 e. The minimum Gasteiger partial charge on any atom is -0.468 e. The van der Waals surface area contributed by atoms with E-state index < -0.39 is 0 Å². The number of nitrogens with one attached hydrogen (secondary N) is 1. The zero-order valence-corrected chi connectivity index (χ0v) is 13.3. The van der Waals surface area contributed by atoms with Gasteiger partial charge in [0, 0.05) is 24.7 Å². The molecule has 0 fully saturated rings. The molecule has 1 aromatic heterocycles. The van der Waals surface area contributed by atoms with Gasteiger partial charge in [-0.05, 0) is 32.0 Å². The number of hydrogen-bond donors (Lipinski definition) is 1. The fourth-order valence-corrected chi connectivity index (χ4v) is 2.35. The van der Waals surface area contributed by atoms with Crippen LogP contribution in [0.15, 0.2) is 47.1 Å². The SMILES string of the molecule is CCNCc1ccoc1CN(Cc1ccccc1)C(C)C. The van der Waals surface area contributed by atoms with Gasteiger partial charge in [0.2, 0.25) is 0 Å². The lowest BCUT2D eigenvalue weighted by Crippen LogP contribution is -2.30. The maximum atomic E-state index is 5.70. The molecule has 0 bridgehead atoms. The van der Waals surface area contributed by atoms with Gasteiger partial charge in [-0.1, -0.05) is 37.3 Å². The van der Waals surface area contributed by atoms with E-state index in [2.05, 4.69) is 67.4 Å². The predicted molar refractivity (Wildman–Crippen MR) is 86.9 cm³/mol. The van der Waals surface area contributed by atoms with Gasteiger partial charge in [-0.3, -0.25) is 4.90 Å². The summed E-state index contributed by atoms with van der Waals surface area (Å²) in [4.78, 5) is 2.43. The van der Waals surface area contributed by atoms with Gasteiger partial charge in [-0.15, -0.1) is 0 Å². The molecule has 1 aromatic carbocycles. The van der Waals surface area contributed by atoms with Crippen LogP contribution < -0.4 is 5.32 Å². The van der Waals surface area contributed by atoms with Crippen molar-refractivity contribution in [2.24, 2.45) is 0 Å². The molecular formula is C18H26N2O. The topological polar surface area (TPSA) is 28.4 Å². The molecule has 0 aliphatic rings. The van der Waals surface area contributed by atoms with Crippen LogP contribution in [0, 0.1) is 0 Å². The van der Waals surface area contributed by atoms with E-state index in [1.165, 1.54) is 11.1 Å². The van der Waals surface area contributed by atoms with Crippen molar-refractivity contribution in [1.29, 1.82) is 0 Å². The van der Waals surface area contributed by atoms with E-state index in [4.69, 9.17) is 4.42 Å². The molecule has 114 valence electrons. The van der Waals surface area contributed by atoms with E-state index in [0.29, 0.717) is 6.04 Å². The van der Waals surface area contributed by atoms with Gasteiger partial charge < -0.3 is 9.73 Å². The molecule has 0 radical (unpaired) electrons. The van der Waals surface area contributed by atoms with Gasteiger partial charge in [-0.2, -0.15) is 0 Å². The first kappa shape index (κ1) is 15.8. The molecule has 1 N–H and O–H groups in total. The van der Waals surface area contributed by atoms with E-state index in [1.807, 2.05) is 0 Å². The normalized spacial score (nSPS) is 11.5. The summed E-state index contributed by atoms with van der Waals surface area (Å²) in [5, 5.41) is 3.36. The second-order valence-corrected chi connectivity index (χ2v) is 5.63. The zero-order chi connectivity index (χ0) is 15.1. The highest BCUT2D eigenvalue weighted by atomic mass is 16.3. The summed E-state index contributed by atoms with van der Waals surface area (Å²) >= 11 is 0. The molecule has 0 aliphatic heterocycles. The van der Waals surface area contributed by atoms with Crippen LogP contribution in [0.5, 0.6) is 0 Å². The van der Waals surface area contributed by atoms with Crippen LogP contribution in [-0.4, -0.2) is 17.5 Å². The minimum atomic E-state index is 0.474. The average Bonchev–Trinajstić information content (AvgIpc) is 2.92. The fraction of sp³-hybridized carbons (Fsp3) is 0.444. The van der Waals surface area contributed by atoms with Crippen LogP contribution in [-0.2, 0) is 19.6 Å². The third-order valence-electron chi connectivity index (χ3n) is 3.71. The van der Waals surface area contributed by atoms with Gasteiger partial charge in [0.15, 0.2) is 0 Å². The highest BCUT2D eigenvalue weighted by molar-refractivity contribution is 5.18. The Labute approximate surface area is 128 Å². The lowest BCUT2D eigenvalue weighted by Gasteiger charge is -2.26. The zero-order valence-electron chi connectivity index (χ0n) is 13.3. The Morgan fingerprint density at radius 2 is 1.86 bits per heavy atom. The highest BCUT2D eigenvalue weighted by Gasteiger charge is 2.15. The first-order valence-corrected chi connectivity index (χ1v) is 7.74. The molecule has 2 rings (SSSR count). The summed E-state index contributed by atoms with van der Waals surface area (Å²) in [6.45, 7) is 10.2. The van der Waals surface area contributed by atoms with Crippen LogP contribution in [0.3, 0.4) is 0 Å². The fourth-order valence-electron chi connectivity index (χ4n) is 2.35. The molecule has 0 aliphatic carbocycles. The standard InChI is InChI=1S/C18H26N2O/c1-4-19-12-17-10-11-21-18(17)14-20(15(2)3)13-16-8-6-5-7-9-16/h5-11,15,19H,4,12-14H2,1-3H3. The maximum absolute atomic E-state index is 5.70. The second-order valence-electron chi connectivity index (χ2n) is 5.63. The van der Waals surface area contributed by atoms with Crippen molar-refractivity contribution in [3.8, 4) is 0 Å². The Bertz CT molecular complexity index is 519. The Kier molecular flexibility index (Phi) is 6.03. The lowest BCUT2D eigenvalue weighted by atomic mass is 10.1. The molecule has 21 heavy (non-hydrogen) atoms. The van der Waals surface area contributed by atoms with E-state index in [9.17, 15) is 0 Å². The minimum absolute atomic E-state index is 0.474. The van der Waals surface area contributed by atoms with E-state index in [0.717, 1.165) is 31.9 Å². The van der Waals surface area contributed by atoms with Crippen molar-refractivity contribution in [3.05, 3.63) is 59.5 Å². The largest absolute Gasteiger partial charge is 0.468 e. The van der Waals surface area contributed by atoms with Crippen molar-refractivity contribution in [3.63, 3.8) is 0 Å². The number of benzene rings is 1. The van der Waals surface area contributed by atoms with E-state index in [-0.39, 0.29) is 0 Å². The first-order chi connectivity index (χ1) is 10.2. The van der Waals surface area contributed by atoms with Crippen molar-refractivity contribution >= 4 is 0 Å². The van der Waals surface area contributed by atoms with Crippen molar-refractivity contribution < 1.29 is 4.42 Å². The van der Waals surface area contributed by atoms with Gasteiger partial charge in [0.25, 0.3) is 0 Å². The molecule has 0 spiro atoms. The van der Waals surface area contributed by atoms with Crippen LogP contribution in [0.25, 0.3) is 0 Å². The molecule has 0 unspecified atom stereocenters. The summed E-state index contributed by atoms with van der Waals surface area (Å²) in [6.07, 6.45) is 1.79. The Balaban J connectivity index is 2.04. The first-order valence-electron chi connectivity index (χ1n) is 7.74. The van der Waals surface area contributed by atoms with Crippen LogP contribution in [0.4, 0.5) is 0 Å². The molecule has 2 aromatic rings. The monoisotopic (exact) mass is 286 g/mol. The molecule has 3 heteroatoms. The summed E-state index contributed by atoms with van der Waals surface area (Å²) in [5.41, 5.74) is 2.60. The molecule has 0 saturated heterocycles. The van der Waals surface area contributed by atoms with E-state index in [1.54, 1.807) is 6.26 Å². The average molecular weight is 286 g/mol. The molecule has 3 nitrogen and oxygen atoms in total. The Hall–Kier alpha value is -1.58. The summed E-state index contributed by atoms with van der Waals surface area (Å²) < 4.78 is 5.70. The summed E-state index contributed by atoms with van der Waals surface area (Å²) in [7, 11) is 0. The number of furan rings is 1. The maximum Gasteiger partial charge on any atom is 0.122 e. The number of nitrogens with zero attached hydrogens (tertiary/aromatic N) is 1. The van der Waals surface area contributed by atoms with Crippen LogP contribution >= 0.6 is 0 Å². The van der Waals surface area contributed by atoms with Crippen molar-refractivity contribution in [2.75, 3.05) is 6.54 Å². The number of rotatable bonds is 8. The van der Waals surface area contributed by atoms with Gasteiger partial charge in [0.1, 0.15) is 5.76 Å². The Morgan fingerprint density at radius 3 is 2.52 bits per heavy atom. The summed E-state index contributed by atoms with van der Waals surface area (Å²) in [6, 6.07) is 13.1.